The fourth-order valence-corrected chi connectivity index (χ4v) is 2.55. The highest BCUT2D eigenvalue weighted by Gasteiger charge is 2.24. The van der Waals surface area contributed by atoms with Crippen LogP contribution in [0.2, 0.25) is 0 Å². The number of halogens is 3. The van der Waals surface area contributed by atoms with Gasteiger partial charge in [-0.15, -0.1) is 0 Å². The lowest BCUT2D eigenvalue weighted by Gasteiger charge is -2.15. The Morgan fingerprint density at radius 3 is 2.42 bits per heavy atom. The zero-order valence-corrected chi connectivity index (χ0v) is 11.2. The summed E-state index contributed by atoms with van der Waals surface area (Å²) in [6.45, 7) is 3.87. The van der Waals surface area contributed by atoms with E-state index in [0.29, 0.717) is 17.5 Å². The van der Waals surface area contributed by atoms with E-state index in [1.807, 2.05) is 13.8 Å². The summed E-state index contributed by atoms with van der Waals surface area (Å²) in [5.41, 5.74) is 1.80. The molecule has 1 atom stereocenters. The second-order valence-corrected chi connectivity index (χ2v) is 4.53. The number of fused-ring (bicyclic) bond motifs is 1. The van der Waals surface area contributed by atoms with Crippen LogP contribution >= 0.6 is 0 Å². The van der Waals surface area contributed by atoms with Crippen LogP contribution in [0.15, 0.2) is 6.07 Å². The van der Waals surface area contributed by atoms with Crippen molar-refractivity contribution in [2.75, 3.05) is 7.05 Å². The van der Waals surface area contributed by atoms with Gasteiger partial charge in [0.1, 0.15) is 0 Å². The first-order chi connectivity index (χ1) is 9.04. The van der Waals surface area contributed by atoms with Gasteiger partial charge in [-0.3, -0.25) is 0 Å². The summed E-state index contributed by atoms with van der Waals surface area (Å²) in [7, 11) is 1.77. The highest BCUT2D eigenvalue weighted by atomic mass is 19.2. The Balaban J connectivity index is 2.83. The van der Waals surface area contributed by atoms with E-state index in [1.54, 1.807) is 7.05 Å². The molecule has 0 radical (unpaired) electrons. The van der Waals surface area contributed by atoms with Gasteiger partial charge in [0, 0.05) is 28.8 Å². The lowest BCUT2D eigenvalue weighted by atomic mass is 9.99. The molecule has 0 bridgehead atoms. The Morgan fingerprint density at radius 2 is 1.89 bits per heavy atom. The maximum atomic E-state index is 14.0. The van der Waals surface area contributed by atoms with Crippen molar-refractivity contribution in [1.82, 2.24) is 10.3 Å². The third kappa shape index (κ3) is 2.12. The molecule has 0 fully saturated rings. The zero-order chi connectivity index (χ0) is 14.2. The smallest absolute Gasteiger partial charge is 0.195 e. The molecule has 2 nitrogen and oxygen atoms in total. The third-order valence-corrected chi connectivity index (χ3v) is 3.50. The number of H-pyrrole nitrogens is 1. The van der Waals surface area contributed by atoms with Crippen molar-refractivity contribution < 1.29 is 13.2 Å². The maximum Gasteiger partial charge on any atom is 0.195 e. The Bertz CT molecular complexity index is 600. The van der Waals surface area contributed by atoms with Gasteiger partial charge in [0.05, 0.1) is 5.52 Å². The van der Waals surface area contributed by atoms with Gasteiger partial charge in [-0.05, 0) is 19.9 Å². The van der Waals surface area contributed by atoms with Crippen molar-refractivity contribution in [2.45, 2.75) is 32.7 Å². The lowest BCUT2D eigenvalue weighted by Crippen LogP contribution is -2.16. The first-order valence-electron chi connectivity index (χ1n) is 6.40. The number of rotatable bonds is 4. The third-order valence-electron chi connectivity index (χ3n) is 3.50. The molecule has 1 aromatic carbocycles. The van der Waals surface area contributed by atoms with Crippen molar-refractivity contribution >= 4 is 10.9 Å². The number of hydrogen-bond donors (Lipinski definition) is 2. The standard InChI is InChI=1S/C14H17F3N2/c1-4-8(18-3)11-9(5-2)19-10-6-7(15)13(16)14(17)12(10)11/h6,8,18-19H,4-5H2,1-3H3. The molecule has 2 N–H and O–H groups in total. The number of aryl methyl sites for hydroxylation is 1. The molecule has 0 aliphatic rings. The van der Waals surface area contributed by atoms with Gasteiger partial charge in [0.15, 0.2) is 17.5 Å². The summed E-state index contributed by atoms with van der Waals surface area (Å²) in [6.07, 6.45) is 1.37. The van der Waals surface area contributed by atoms with Gasteiger partial charge < -0.3 is 10.3 Å². The van der Waals surface area contributed by atoms with Crippen molar-refractivity contribution in [2.24, 2.45) is 0 Å². The van der Waals surface area contributed by atoms with E-state index in [-0.39, 0.29) is 11.4 Å². The van der Waals surface area contributed by atoms with Crippen LogP contribution in [0.4, 0.5) is 13.2 Å². The minimum absolute atomic E-state index is 0.0944. The monoisotopic (exact) mass is 270 g/mol. The predicted octanol–water partition coefficient (Wildman–Crippen LogP) is 3.82. The second-order valence-electron chi connectivity index (χ2n) is 4.53. The highest BCUT2D eigenvalue weighted by Crippen LogP contribution is 2.33. The van der Waals surface area contributed by atoms with Gasteiger partial charge >= 0.3 is 0 Å². The quantitative estimate of drug-likeness (QED) is 0.812. The first-order valence-corrected chi connectivity index (χ1v) is 6.40. The normalized spacial score (nSPS) is 13.2. The van der Waals surface area contributed by atoms with Crippen LogP contribution in [0.25, 0.3) is 10.9 Å². The largest absolute Gasteiger partial charge is 0.358 e. The van der Waals surface area contributed by atoms with Gasteiger partial charge in [-0.1, -0.05) is 13.8 Å². The molecule has 2 aromatic rings. The molecule has 0 spiro atoms. The molecule has 0 aliphatic carbocycles. The van der Waals surface area contributed by atoms with Crippen molar-refractivity contribution in [3.8, 4) is 0 Å². The molecular formula is C14H17F3N2. The van der Waals surface area contributed by atoms with E-state index < -0.39 is 17.5 Å². The van der Waals surface area contributed by atoms with Crippen LogP contribution in [0.3, 0.4) is 0 Å². The van der Waals surface area contributed by atoms with Crippen LogP contribution in [-0.4, -0.2) is 12.0 Å². The molecule has 1 heterocycles. The van der Waals surface area contributed by atoms with Gasteiger partial charge in [-0.25, -0.2) is 13.2 Å². The Labute approximate surface area is 110 Å². The van der Waals surface area contributed by atoms with E-state index in [1.165, 1.54) is 0 Å². The molecule has 1 unspecified atom stereocenters. The molecule has 1 aromatic heterocycles. The average molecular weight is 270 g/mol. The minimum atomic E-state index is -1.42. The van der Waals surface area contributed by atoms with E-state index >= 15 is 0 Å². The van der Waals surface area contributed by atoms with E-state index in [9.17, 15) is 13.2 Å². The number of benzene rings is 1. The van der Waals surface area contributed by atoms with Crippen LogP contribution in [0.5, 0.6) is 0 Å². The summed E-state index contributed by atoms with van der Waals surface area (Å²) in [6, 6.07) is 0.918. The molecule has 0 saturated heterocycles. The number of hydrogen-bond acceptors (Lipinski definition) is 1. The maximum absolute atomic E-state index is 14.0. The van der Waals surface area contributed by atoms with Crippen LogP contribution < -0.4 is 5.32 Å². The van der Waals surface area contributed by atoms with Crippen molar-refractivity contribution in [3.05, 3.63) is 34.8 Å². The van der Waals surface area contributed by atoms with E-state index in [0.717, 1.165) is 18.2 Å². The average Bonchev–Trinajstić information content (AvgIpc) is 2.76. The van der Waals surface area contributed by atoms with Crippen LogP contribution in [0.1, 0.15) is 37.6 Å². The molecule has 0 aliphatic heterocycles. The van der Waals surface area contributed by atoms with E-state index in [2.05, 4.69) is 10.3 Å². The van der Waals surface area contributed by atoms with Crippen LogP contribution in [-0.2, 0) is 6.42 Å². The molecule has 2 rings (SSSR count). The minimum Gasteiger partial charge on any atom is -0.358 e. The van der Waals surface area contributed by atoms with Gasteiger partial charge in [0.25, 0.3) is 0 Å². The predicted molar refractivity (Wildman–Crippen MR) is 69.6 cm³/mol. The van der Waals surface area contributed by atoms with E-state index in [4.69, 9.17) is 0 Å². The SMILES string of the molecule is CCc1[nH]c2cc(F)c(F)c(F)c2c1C(CC)NC. The number of aromatic nitrogens is 1. The summed E-state index contributed by atoms with van der Waals surface area (Å²) in [4.78, 5) is 2.99. The summed E-state index contributed by atoms with van der Waals surface area (Å²) in [5, 5.41) is 3.23. The summed E-state index contributed by atoms with van der Waals surface area (Å²) < 4.78 is 40.7. The van der Waals surface area contributed by atoms with Gasteiger partial charge in [-0.2, -0.15) is 0 Å². The molecular weight excluding hydrogens is 253 g/mol. The first kappa shape index (κ1) is 13.9. The van der Waals surface area contributed by atoms with Crippen LogP contribution in [0, 0.1) is 17.5 Å². The Hall–Kier alpha value is -1.49. The zero-order valence-electron chi connectivity index (χ0n) is 11.2. The molecule has 0 saturated carbocycles. The summed E-state index contributed by atoms with van der Waals surface area (Å²) in [5.74, 6) is -3.70. The lowest BCUT2D eigenvalue weighted by molar-refractivity contribution is 0.452. The topological polar surface area (TPSA) is 27.8 Å². The van der Waals surface area contributed by atoms with Gasteiger partial charge in [0.2, 0.25) is 0 Å². The fraction of sp³-hybridized carbons (Fsp3) is 0.429. The Kier molecular flexibility index (Phi) is 3.85. The van der Waals surface area contributed by atoms with Crippen molar-refractivity contribution in [1.29, 1.82) is 0 Å². The number of nitrogens with one attached hydrogen (secondary N) is 2. The van der Waals surface area contributed by atoms with Crippen molar-refractivity contribution in [3.63, 3.8) is 0 Å². The summed E-state index contributed by atoms with van der Waals surface area (Å²) >= 11 is 0. The number of aromatic amines is 1. The molecule has 104 valence electrons. The highest BCUT2D eigenvalue weighted by molar-refractivity contribution is 5.86. The molecule has 0 amide bonds. The second kappa shape index (κ2) is 5.25. The molecule has 5 heteroatoms. The molecule has 19 heavy (non-hydrogen) atoms. The fourth-order valence-electron chi connectivity index (χ4n) is 2.55. The Morgan fingerprint density at radius 1 is 1.21 bits per heavy atom.